The summed E-state index contributed by atoms with van der Waals surface area (Å²) >= 11 is 0. The van der Waals surface area contributed by atoms with Crippen LogP contribution in [0.4, 0.5) is 0 Å². The SMILES string of the molecule is CC(Cc1ccccc1CO)C(=O)O. The molecule has 0 amide bonds. The van der Waals surface area contributed by atoms with Crippen molar-refractivity contribution in [1.82, 2.24) is 0 Å². The first-order chi connectivity index (χ1) is 6.65. The normalized spacial score (nSPS) is 12.4. The van der Waals surface area contributed by atoms with Crippen LogP contribution in [-0.4, -0.2) is 16.2 Å². The fourth-order valence-corrected chi connectivity index (χ4v) is 1.33. The maximum Gasteiger partial charge on any atom is 0.306 e. The molecule has 1 unspecified atom stereocenters. The summed E-state index contributed by atoms with van der Waals surface area (Å²) in [6.07, 6.45) is 0.464. The van der Waals surface area contributed by atoms with E-state index in [1.807, 2.05) is 24.3 Å². The van der Waals surface area contributed by atoms with Gasteiger partial charge in [0, 0.05) is 0 Å². The number of hydrogen-bond donors (Lipinski definition) is 2. The van der Waals surface area contributed by atoms with Gasteiger partial charge in [0.1, 0.15) is 0 Å². The minimum absolute atomic E-state index is 0.0392. The third-order valence-electron chi connectivity index (χ3n) is 2.24. The summed E-state index contributed by atoms with van der Waals surface area (Å²) in [6.45, 7) is 1.62. The van der Waals surface area contributed by atoms with Gasteiger partial charge in [-0.05, 0) is 17.5 Å². The lowest BCUT2D eigenvalue weighted by molar-refractivity contribution is -0.141. The molecule has 0 heterocycles. The molecule has 1 aromatic rings. The third kappa shape index (κ3) is 2.57. The number of aliphatic hydroxyl groups is 1. The lowest BCUT2D eigenvalue weighted by Crippen LogP contribution is -2.13. The van der Waals surface area contributed by atoms with Crippen LogP contribution in [0.1, 0.15) is 18.1 Å². The van der Waals surface area contributed by atoms with E-state index in [1.165, 1.54) is 0 Å². The highest BCUT2D eigenvalue weighted by atomic mass is 16.4. The summed E-state index contributed by atoms with van der Waals surface area (Å²) in [7, 11) is 0. The topological polar surface area (TPSA) is 57.5 Å². The molecule has 0 aliphatic heterocycles. The zero-order valence-corrected chi connectivity index (χ0v) is 8.10. The van der Waals surface area contributed by atoms with Gasteiger partial charge in [0.25, 0.3) is 0 Å². The molecule has 76 valence electrons. The van der Waals surface area contributed by atoms with Crippen molar-refractivity contribution in [3.63, 3.8) is 0 Å². The lowest BCUT2D eigenvalue weighted by atomic mass is 9.97. The van der Waals surface area contributed by atoms with Crippen molar-refractivity contribution in [2.24, 2.45) is 5.92 Å². The van der Waals surface area contributed by atoms with Crippen LogP contribution in [0.25, 0.3) is 0 Å². The van der Waals surface area contributed by atoms with Crippen molar-refractivity contribution in [2.45, 2.75) is 20.0 Å². The maximum atomic E-state index is 10.6. The van der Waals surface area contributed by atoms with Crippen LogP contribution in [-0.2, 0) is 17.8 Å². The number of aliphatic carboxylic acids is 1. The van der Waals surface area contributed by atoms with E-state index in [1.54, 1.807) is 6.92 Å². The molecule has 3 nitrogen and oxygen atoms in total. The summed E-state index contributed by atoms with van der Waals surface area (Å²) in [5.74, 6) is -1.22. The molecule has 2 N–H and O–H groups in total. The average molecular weight is 194 g/mol. The Labute approximate surface area is 83.0 Å². The lowest BCUT2D eigenvalue weighted by Gasteiger charge is -2.09. The van der Waals surface area contributed by atoms with E-state index in [0.717, 1.165) is 11.1 Å². The number of aliphatic hydroxyl groups excluding tert-OH is 1. The Balaban J connectivity index is 2.80. The Kier molecular flexibility index (Phi) is 3.65. The zero-order chi connectivity index (χ0) is 10.6. The second-order valence-corrected chi connectivity index (χ2v) is 3.37. The van der Waals surface area contributed by atoms with E-state index in [0.29, 0.717) is 6.42 Å². The number of benzene rings is 1. The van der Waals surface area contributed by atoms with Crippen molar-refractivity contribution in [2.75, 3.05) is 0 Å². The van der Waals surface area contributed by atoms with Gasteiger partial charge in [0.15, 0.2) is 0 Å². The molecular formula is C11H14O3. The predicted molar refractivity (Wildman–Crippen MR) is 52.9 cm³/mol. The first-order valence-corrected chi connectivity index (χ1v) is 4.55. The second-order valence-electron chi connectivity index (χ2n) is 3.37. The highest BCUT2D eigenvalue weighted by Crippen LogP contribution is 2.14. The smallest absolute Gasteiger partial charge is 0.306 e. The van der Waals surface area contributed by atoms with Crippen LogP contribution in [0, 0.1) is 5.92 Å². The average Bonchev–Trinajstić information content (AvgIpc) is 2.18. The van der Waals surface area contributed by atoms with Gasteiger partial charge in [-0.25, -0.2) is 0 Å². The number of rotatable bonds is 4. The van der Waals surface area contributed by atoms with Gasteiger partial charge in [-0.2, -0.15) is 0 Å². The number of carbonyl (C=O) groups is 1. The van der Waals surface area contributed by atoms with Crippen LogP contribution >= 0.6 is 0 Å². The summed E-state index contributed by atoms with van der Waals surface area (Å²) in [6, 6.07) is 7.35. The van der Waals surface area contributed by atoms with Crippen molar-refractivity contribution in [3.05, 3.63) is 35.4 Å². The van der Waals surface area contributed by atoms with Gasteiger partial charge in [0.2, 0.25) is 0 Å². The molecule has 0 saturated heterocycles. The Morgan fingerprint density at radius 2 is 1.93 bits per heavy atom. The van der Waals surface area contributed by atoms with Crippen molar-refractivity contribution >= 4 is 5.97 Å². The number of carboxylic acids is 1. The van der Waals surface area contributed by atoms with Crippen LogP contribution in [0.15, 0.2) is 24.3 Å². The Bertz CT molecular complexity index is 320. The summed E-state index contributed by atoms with van der Waals surface area (Å²) < 4.78 is 0. The molecule has 0 radical (unpaired) electrons. The first kappa shape index (κ1) is 10.7. The van der Waals surface area contributed by atoms with Crippen LogP contribution in [0.2, 0.25) is 0 Å². The van der Waals surface area contributed by atoms with Gasteiger partial charge in [-0.1, -0.05) is 31.2 Å². The Hall–Kier alpha value is -1.35. The number of hydrogen-bond acceptors (Lipinski definition) is 2. The quantitative estimate of drug-likeness (QED) is 0.762. The molecule has 0 bridgehead atoms. The molecule has 14 heavy (non-hydrogen) atoms. The van der Waals surface area contributed by atoms with E-state index in [4.69, 9.17) is 10.2 Å². The Morgan fingerprint density at radius 3 is 2.43 bits per heavy atom. The van der Waals surface area contributed by atoms with Crippen molar-refractivity contribution in [3.8, 4) is 0 Å². The van der Waals surface area contributed by atoms with Gasteiger partial charge < -0.3 is 10.2 Å². The molecule has 0 fully saturated rings. The molecule has 0 aliphatic carbocycles. The first-order valence-electron chi connectivity index (χ1n) is 4.55. The fraction of sp³-hybridized carbons (Fsp3) is 0.364. The predicted octanol–water partition coefficient (Wildman–Crippen LogP) is 1.44. The summed E-state index contributed by atoms with van der Waals surface area (Å²) in [4.78, 5) is 10.6. The van der Waals surface area contributed by atoms with Crippen LogP contribution < -0.4 is 0 Å². The summed E-state index contributed by atoms with van der Waals surface area (Å²) in [5.41, 5.74) is 1.71. The van der Waals surface area contributed by atoms with E-state index in [9.17, 15) is 4.79 Å². The van der Waals surface area contributed by atoms with Crippen LogP contribution in [0.5, 0.6) is 0 Å². The van der Waals surface area contributed by atoms with E-state index < -0.39 is 11.9 Å². The zero-order valence-electron chi connectivity index (χ0n) is 8.10. The minimum atomic E-state index is -0.808. The largest absolute Gasteiger partial charge is 0.481 e. The van der Waals surface area contributed by atoms with Crippen molar-refractivity contribution in [1.29, 1.82) is 0 Å². The number of carboxylic acid groups (broad SMARTS) is 1. The molecule has 1 atom stereocenters. The van der Waals surface area contributed by atoms with E-state index >= 15 is 0 Å². The monoisotopic (exact) mass is 194 g/mol. The van der Waals surface area contributed by atoms with Crippen molar-refractivity contribution < 1.29 is 15.0 Å². The van der Waals surface area contributed by atoms with E-state index in [2.05, 4.69) is 0 Å². The standard InChI is InChI=1S/C11H14O3/c1-8(11(13)14)6-9-4-2-3-5-10(9)7-12/h2-5,8,12H,6-7H2,1H3,(H,13,14). The van der Waals surface area contributed by atoms with Gasteiger partial charge in [-0.15, -0.1) is 0 Å². The molecular weight excluding hydrogens is 180 g/mol. The molecule has 0 aliphatic rings. The second kappa shape index (κ2) is 4.77. The maximum absolute atomic E-state index is 10.6. The van der Waals surface area contributed by atoms with Gasteiger partial charge >= 0.3 is 5.97 Å². The molecule has 0 saturated carbocycles. The summed E-state index contributed by atoms with van der Waals surface area (Å²) in [5, 5.41) is 17.8. The molecule has 1 aromatic carbocycles. The van der Waals surface area contributed by atoms with Gasteiger partial charge in [0.05, 0.1) is 12.5 Å². The minimum Gasteiger partial charge on any atom is -0.481 e. The third-order valence-corrected chi connectivity index (χ3v) is 2.24. The van der Waals surface area contributed by atoms with E-state index in [-0.39, 0.29) is 6.61 Å². The highest BCUT2D eigenvalue weighted by Gasteiger charge is 2.13. The molecule has 0 aromatic heterocycles. The van der Waals surface area contributed by atoms with Gasteiger partial charge in [-0.3, -0.25) is 4.79 Å². The van der Waals surface area contributed by atoms with Crippen LogP contribution in [0.3, 0.4) is 0 Å². The fourth-order valence-electron chi connectivity index (χ4n) is 1.33. The Morgan fingerprint density at radius 1 is 1.36 bits per heavy atom. The molecule has 1 rings (SSSR count). The molecule has 3 heteroatoms. The molecule has 0 spiro atoms. The highest BCUT2D eigenvalue weighted by molar-refractivity contribution is 5.70.